The third-order valence-corrected chi connectivity index (χ3v) is 3.69. The van der Waals surface area contributed by atoms with Gasteiger partial charge >= 0.3 is 0 Å². The Balaban J connectivity index is 1.66. The molecule has 0 unspecified atom stereocenters. The molecule has 2 heterocycles. The molecule has 3 N–H and O–H groups in total. The second kappa shape index (κ2) is 7.00. The highest BCUT2D eigenvalue weighted by Crippen LogP contribution is 2.16. The van der Waals surface area contributed by atoms with E-state index in [1.165, 1.54) is 0 Å². The molecule has 0 saturated heterocycles. The lowest BCUT2D eigenvalue weighted by Gasteiger charge is -2.09. The maximum absolute atomic E-state index is 12.2. The lowest BCUT2D eigenvalue weighted by atomic mass is 10.0. The molecule has 122 valence electrons. The van der Waals surface area contributed by atoms with Gasteiger partial charge in [-0.25, -0.2) is 4.98 Å². The van der Waals surface area contributed by atoms with E-state index < -0.39 is 0 Å². The fourth-order valence-corrected chi connectivity index (χ4v) is 2.47. The van der Waals surface area contributed by atoms with Crippen LogP contribution in [0.2, 0.25) is 0 Å². The SMILES string of the molecule is Cc1ccc(C(=O)Cc2cccc(CNc3cccnc3N)c2)o1. The fraction of sp³-hybridized carbons (Fsp3) is 0.158. The average molecular weight is 321 g/mol. The first-order valence-electron chi connectivity index (χ1n) is 7.73. The fourth-order valence-electron chi connectivity index (χ4n) is 2.47. The Morgan fingerprint density at radius 2 is 2.00 bits per heavy atom. The summed E-state index contributed by atoms with van der Waals surface area (Å²) in [4.78, 5) is 16.3. The van der Waals surface area contributed by atoms with E-state index in [0.29, 0.717) is 24.5 Å². The van der Waals surface area contributed by atoms with Crippen molar-refractivity contribution in [1.29, 1.82) is 0 Å². The van der Waals surface area contributed by atoms with Crippen LogP contribution in [-0.4, -0.2) is 10.8 Å². The van der Waals surface area contributed by atoms with E-state index in [0.717, 1.165) is 22.6 Å². The molecule has 0 saturated carbocycles. The van der Waals surface area contributed by atoms with Gasteiger partial charge in [-0.05, 0) is 42.3 Å². The number of benzene rings is 1. The molecular weight excluding hydrogens is 302 g/mol. The van der Waals surface area contributed by atoms with E-state index in [-0.39, 0.29) is 5.78 Å². The van der Waals surface area contributed by atoms with Crippen molar-refractivity contribution in [2.24, 2.45) is 0 Å². The average Bonchev–Trinajstić information content (AvgIpc) is 3.01. The van der Waals surface area contributed by atoms with Gasteiger partial charge in [-0.3, -0.25) is 4.79 Å². The summed E-state index contributed by atoms with van der Waals surface area (Å²) in [6, 6.07) is 15.1. The van der Waals surface area contributed by atoms with Crippen LogP contribution < -0.4 is 11.1 Å². The van der Waals surface area contributed by atoms with E-state index in [1.54, 1.807) is 18.3 Å². The van der Waals surface area contributed by atoms with Gasteiger partial charge in [0.2, 0.25) is 5.78 Å². The summed E-state index contributed by atoms with van der Waals surface area (Å²) in [5.74, 6) is 1.59. The van der Waals surface area contributed by atoms with Gasteiger partial charge in [-0.15, -0.1) is 0 Å². The van der Waals surface area contributed by atoms with Gasteiger partial charge in [-0.1, -0.05) is 24.3 Å². The van der Waals surface area contributed by atoms with Crippen LogP contribution in [0.5, 0.6) is 0 Å². The van der Waals surface area contributed by atoms with Crippen LogP contribution in [0.4, 0.5) is 11.5 Å². The van der Waals surface area contributed by atoms with Crippen molar-refractivity contribution in [3.63, 3.8) is 0 Å². The van der Waals surface area contributed by atoms with E-state index in [1.807, 2.05) is 43.3 Å². The Bertz CT molecular complexity index is 855. The van der Waals surface area contributed by atoms with Crippen LogP contribution in [0.3, 0.4) is 0 Å². The number of hydrogen-bond donors (Lipinski definition) is 2. The van der Waals surface area contributed by atoms with Crippen molar-refractivity contribution in [2.75, 3.05) is 11.1 Å². The van der Waals surface area contributed by atoms with Crippen molar-refractivity contribution >= 4 is 17.3 Å². The second-order valence-electron chi connectivity index (χ2n) is 5.62. The van der Waals surface area contributed by atoms with Crippen LogP contribution in [0.25, 0.3) is 0 Å². The molecule has 0 atom stereocenters. The summed E-state index contributed by atoms with van der Waals surface area (Å²) in [6.07, 6.45) is 1.97. The zero-order chi connectivity index (χ0) is 16.9. The molecule has 3 aromatic rings. The molecular formula is C19H19N3O2. The Labute approximate surface area is 140 Å². The lowest BCUT2D eigenvalue weighted by Crippen LogP contribution is -2.05. The van der Waals surface area contributed by atoms with Gasteiger partial charge in [0.15, 0.2) is 5.76 Å². The third-order valence-electron chi connectivity index (χ3n) is 3.69. The number of carbonyl (C=O) groups is 1. The minimum Gasteiger partial charge on any atom is -0.458 e. The van der Waals surface area contributed by atoms with Crippen LogP contribution in [-0.2, 0) is 13.0 Å². The van der Waals surface area contributed by atoms with Gasteiger partial charge in [0.05, 0.1) is 5.69 Å². The quantitative estimate of drug-likeness (QED) is 0.678. The molecule has 5 heteroatoms. The number of aromatic nitrogens is 1. The molecule has 0 aliphatic heterocycles. The lowest BCUT2D eigenvalue weighted by molar-refractivity contribution is 0.0965. The first-order valence-corrected chi connectivity index (χ1v) is 7.73. The molecule has 0 aliphatic rings. The van der Waals surface area contributed by atoms with Crippen LogP contribution >= 0.6 is 0 Å². The highest BCUT2D eigenvalue weighted by Gasteiger charge is 2.11. The first-order chi connectivity index (χ1) is 11.6. The van der Waals surface area contributed by atoms with E-state index >= 15 is 0 Å². The molecule has 0 spiro atoms. The highest BCUT2D eigenvalue weighted by atomic mass is 16.3. The van der Waals surface area contributed by atoms with Gasteiger partial charge in [0.25, 0.3) is 0 Å². The van der Waals surface area contributed by atoms with Gasteiger partial charge in [0, 0.05) is 19.2 Å². The summed E-state index contributed by atoms with van der Waals surface area (Å²) in [7, 11) is 0. The van der Waals surface area contributed by atoms with Crippen molar-refractivity contribution < 1.29 is 9.21 Å². The molecule has 0 amide bonds. The number of anilines is 2. The van der Waals surface area contributed by atoms with E-state index in [2.05, 4.69) is 10.3 Å². The number of nitrogen functional groups attached to an aromatic ring is 1. The smallest absolute Gasteiger partial charge is 0.202 e. The number of furan rings is 1. The summed E-state index contributed by atoms with van der Waals surface area (Å²) < 4.78 is 5.38. The second-order valence-corrected chi connectivity index (χ2v) is 5.62. The molecule has 2 aromatic heterocycles. The Morgan fingerprint density at radius 1 is 1.17 bits per heavy atom. The normalized spacial score (nSPS) is 10.5. The molecule has 0 fully saturated rings. The number of nitrogens with zero attached hydrogens (tertiary/aromatic N) is 1. The highest BCUT2D eigenvalue weighted by molar-refractivity contribution is 5.95. The van der Waals surface area contributed by atoms with Gasteiger partial charge < -0.3 is 15.5 Å². The summed E-state index contributed by atoms with van der Waals surface area (Å²) >= 11 is 0. The number of aryl methyl sites for hydroxylation is 1. The van der Waals surface area contributed by atoms with Crippen molar-refractivity contribution in [3.05, 3.63) is 77.4 Å². The van der Waals surface area contributed by atoms with E-state index in [4.69, 9.17) is 10.2 Å². The molecule has 0 bridgehead atoms. The third kappa shape index (κ3) is 3.81. The molecule has 0 aliphatic carbocycles. The minimum absolute atomic E-state index is 0.0234. The number of ketones is 1. The predicted octanol–water partition coefficient (Wildman–Crippen LogP) is 3.60. The minimum atomic E-state index is -0.0234. The number of nitrogens with one attached hydrogen (secondary N) is 1. The first kappa shape index (κ1) is 15.8. The number of Topliss-reactive ketones (excluding diaryl/α,β-unsaturated/α-hetero) is 1. The molecule has 3 rings (SSSR count). The molecule has 24 heavy (non-hydrogen) atoms. The van der Waals surface area contributed by atoms with E-state index in [9.17, 15) is 4.79 Å². The number of carbonyl (C=O) groups excluding carboxylic acids is 1. The molecule has 1 aromatic carbocycles. The Kier molecular flexibility index (Phi) is 4.61. The largest absolute Gasteiger partial charge is 0.458 e. The van der Waals surface area contributed by atoms with Crippen molar-refractivity contribution in [1.82, 2.24) is 4.98 Å². The summed E-state index contributed by atoms with van der Waals surface area (Å²) in [5, 5.41) is 3.25. The molecule has 5 nitrogen and oxygen atoms in total. The zero-order valence-electron chi connectivity index (χ0n) is 13.5. The number of hydrogen-bond acceptors (Lipinski definition) is 5. The van der Waals surface area contributed by atoms with Crippen molar-refractivity contribution in [3.8, 4) is 0 Å². The zero-order valence-corrected chi connectivity index (χ0v) is 13.5. The maximum Gasteiger partial charge on any atom is 0.202 e. The summed E-state index contributed by atoms with van der Waals surface area (Å²) in [5.41, 5.74) is 8.63. The standard InChI is InChI=1S/C19H19N3O2/c1-13-7-8-18(24-13)17(23)11-14-4-2-5-15(10-14)12-22-16-6-3-9-21-19(16)20/h2-10,22H,11-12H2,1H3,(H2,20,21). The Hall–Kier alpha value is -3.08. The van der Waals surface area contributed by atoms with Crippen molar-refractivity contribution in [2.45, 2.75) is 19.9 Å². The predicted molar refractivity (Wildman–Crippen MR) is 93.9 cm³/mol. The van der Waals surface area contributed by atoms with Crippen LogP contribution in [0.1, 0.15) is 27.4 Å². The van der Waals surface area contributed by atoms with Crippen LogP contribution in [0, 0.1) is 6.92 Å². The van der Waals surface area contributed by atoms with Gasteiger partial charge in [-0.2, -0.15) is 0 Å². The van der Waals surface area contributed by atoms with Crippen LogP contribution in [0.15, 0.2) is 59.1 Å². The monoisotopic (exact) mass is 321 g/mol. The number of pyridine rings is 1. The molecule has 0 radical (unpaired) electrons. The van der Waals surface area contributed by atoms with Gasteiger partial charge in [0.1, 0.15) is 11.6 Å². The maximum atomic E-state index is 12.2. The number of nitrogens with two attached hydrogens (primary N) is 1. The topological polar surface area (TPSA) is 81.2 Å². The number of rotatable bonds is 6. The summed E-state index contributed by atoms with van der Waals surface area (Å²) in [6.45, 7) is 2.44. The Morgan fingerprint density at radius 3 is 2.75 bits per heavy atom.